The largest absolute Gasteiger partial charge is 0.303 e. The number of nitrogens with zero attached hydrogens (tertiary/aromatic N) is 2. The van der Waals surface area contributed by atoms with E-state index in [1.54, 1.807) is 24.3 Å². The minimum atomic E-state index is -0.435. The van der Waals surface area contributed by atoms with Crippen molar-refractivity contribution in [1.82, 2.24) is 0 Å². The van der Waals surface area contributed by atoms with E-state index in [0.717, 1.165) is 23.2 Å². The SMILES string of the molecule is Cc1ccc2c(c1)N(C(=O)C=Cc1ccc([N+](=O)[O-])cc1)C(C)(C)CC2C. The first kappa shape index (κ1) is 18.8. The average Bonchev–Trinajstić information content (AvgIpc) is 2.59. The Kier molecular flexibility index (Phi) is 4.87. The Labute approximate surface area is 159 Å². The van der Waals surface area contributed by atoms with Gasteiger partial charge in [-0.25, -0.2) is 0 Å². The van der Waals surface area contributed by atoms with E-state index >= 15 is 0 Å². The molecule has 1 heterocycles. The maximum Gasteiger partial charge on any atom is 0.269 e. The summed E-state index contributed by atoms with van der Waals surface area (Å²) in [5.74, 6) is 0.301. The van der Waals surface area contributed by atoms with Gasteiger partial charge in [-0.2, -0.15) is 0 Å². The van der Waals surface area contributed by atoms with Crippen molar-refractivity contribution in [2.75, 3.05) is 4.90 Å². The van der Waals surface area contributed by atoms with E-state index < -0.39 is 4.92 Å². The number of anilines is 1. The van der Waals surface area contributed by atoms with Gasteiger partial charge in [-0.1, -0.05) is 19.1 Å². The summed E-state index contributed by atoms with van der Waals surface area (Å²) in [6.07, 6.45) is 4.14. The molecule has 0 bridgehead atoms. The fraction of sp³-hybridized carbons (Fsp3) is 0.318. The van der Waals surface area contributed by atoms with Crippen molar-refractivity contribution in [2.24, 2.45) is 0 Å². The molecule has 2 aromatic carbocycles. The number of nitro groups is 1. The van der Waals surface area contributed by atoms with Gasteiger partial charge >= 0.3 is 0 Å². The zero-order chi connectivity index (χ0) is 19.8. The Morgan fingerprint density at radius 1 is 1.22 bits per heavy atom. The summed E-state index contributed by atoms with van der Waals surface area (Å²) >= 11 is 0. The maximum absolute atomic E-state index is 13.1. The van der Waals surface area contributed by atoms with Crippen LogP contribution in [0.3, 0.4) is 0 Å². The summed E-state index contributed by atoms with van der Waals surface area (Å²) in [5.41, 5.74) is 3.78. The normalized spacial score (nSPS) is 18.4. The number of amides is 1. The van der Waals surface area contributed by atoms with Gasteiger partial charge in [-0.05, 0) is 74.1 Å². The number of hydrogen-bond acceptors (Lipinski definition) is 3. The van der Waals surface area contributed by atoms with E-state index in [9.17, 15) is 14.9 Å². The molecule has 27 heavy (non-hydrogen) atoms. The third kappa shape index (κ3) is 3.77. The molecule has 0 spiro atoms. The van der Waals surface area contributed by atoms with Gasteiger partial charge in [0.15, 0.2) is 0 Å². The van der Waals surface area contributed by atoms with Crippen LogP contribution >= 0.6 is 0 Å². The van der Waals surface area contributed by atoms with Gasteiger partial charge in [0.2, 0.25) is 0 Å². The van der Waals surface area contributed by atoms with Crippen LogP contribution in [0.15, 0.2) is 48.5 Å². The molecule has 1 atom stereocenters. The molecule has 0 radical (unpaired) electrons. The predicted octanol–water partition coefficient (Wildman–Crippen LogP) is 5.24. The van der Waals surface area contributed by atoms with Gasteiger partial charge in [0.05, 0.1) is 4.92 Å². The highest BCUT2D eigenvalue weighted by atomic mass is 16.6. The van der Waals surface area contributed by atoms with Crippen LogP contribution in [0.4, 0.5) is 11.4 Å². The molecule has 140 valence electrons. The molecular formula is C22H24N2O3. The first-order chi connectivity index (χ1) is 12.7. The summed E-state index contributed by atoms with van der Waals surface area (Å²) in [4.78, 5) is 25.3. The van der Waals surface area contributed by atoms with Crippen LogP contribution in [-0.2, 0) is 4.79 Å². The first-order valence-electron chi connectivity index (χ1n) is 9.06. The van der Waals surface area contributed by atoms with Crippen molar-refractivity contribution >= 4 is 23.4 Å². The quantitative estimate of drug-likeness (QED) is 0.425. The van der Waals surface area contributed by atoms with E-state index in [-0.39, 0.29) is 17.1 Å². The second kappa shape index (κ2) is 6.99. The second-order valence-electron chi connectivity index (χ2n) is 7.84. The van der Waals surface area contributed by atoms with E-state index in [1.807, 2.05) is 11.8 Å². The smallest absolute Gasteiger partial charge is 0.269 e. The molecule has 3 rings (SSSR count). The lowest BCUT2D eigenvalue weighted by Gasteiger charge is -2.45. The summed E-state index contributed by atoms with van der Waals surface area (Å²) in [6, 6.07) is 12.4. The van der Waals surface area contributed by atoms with Crippen molar-refractivity contribution in [3.63, 3.8) is 0 Å². The zero-order valence-corrected chi connectivity index (χ0v) is 16.1. The van der Waals surface area contributed by atoms with E-state index in [2.05, 4.69) is 39.0 Å². The van der Waals surface area contributed by atoms with Gasteiger partial charge in [0.1, 0.15) is 0 Å². The number of nitro benzene ring substituents is 1. The Balaban J connectivity index is 1.92. The molecule has 1 unspecified atom stereocenters. The van der Waals surface area contributed by atoms with E-state index in [4.69, 9.17) is 0 Å². The third-order valence-corrected chi connectivity index (χ3v) is 5.11. The van der Waals surface area contributed by atoms with Crippen LogP contribution in [0.1, 0.15) is 49.8 Å². The van der Waals surface area contributed by atoms with Crippen molar-refractivity contribution in [3.05, 3.63) is 75.3 Å². The highest BCUT2D eigenvalue weighted by Gasteiger charge is 2.39. The predicted molar refractivity (Wildman–Crippen MR) is 108 cm³/mol. The van der Waals surface area contributed by atoms with Crippen molar-refractivity contribution < 1.29 is 9.72 Å². The molecule has 0 fully saturated rings. The Bertz CT molecular complexity index is 914. The van der Waals surface area contributed by atoms with Crippen LogP contribution < -0.4 is 4.90 Å². The molecule has 0 aromatic heterocycles. The van der Waals surface area contributed by atoms with E-state index in [0.29, 0.717) is 5.92 Å². The zero-order valence-electron chi connectivity index (χ0n) is 16.1. The van der Waals surface area contributed by atoms with Crippen LogP contribution in [-0.4, -0.2) is 16.4 Å². The Morgan fingerprint density at radius 2 is 1.89 bits per heavy atom. The molecule has 1 aliphatic heterocycles. The number of aryl methyl sites for hydroxylation is 1. The second-order valence-corrected chi connectivity index (χ2v) is 7.84. The minimum Gasteiger partial charge on any atom is -0.303 e. The van der Waals surface area contributed by atoms with Crippen molar-refractivity contribution in [2.45, 2.75) is 45.6 Å². The number of fused-ring (bicyclic) bond motifs is 1. The molecule has 0 aliphatic carbocycles. The summed E-state index contributed by atoms with van der Waals surface area (Å²) < 4.78 is 0. The van der Waals surface area contributed by atoms with E-state index in [1.165, 1.54) is 17.7 Å². The molecule has 2 aromatic rings. The van der Waals surface area contributed by atoms with Crippen LogP contribution in [0.5, 0.6) is 0 Å². The van der Waals surface area contributed by atoms with Crippen LogP contribution in [0.2, 0.25) is 0 Å². The molecule has 0 saturated carbocycles. The number of hydrogen-bond donors (Lipinski definition) is 0. The molecule has 1 amide bonds. The van der Waals surface area contributed by atoms with Crippen LogP contribution in [0.25, 0.3) is 6.08 Å². The topological polar surface area (TPSA) is 63.5 Å². The average molecular weight is 364 g/mol. The molecular weight excluding hydrogens is 340 g/mol. The summed E-state index contributed by atoms with van der Waals surface area (Å²) in [7, 11) is 0. The third-order valence-electron chi connectivity index (χ3n) is 5.11. The standard InChI is InChI=1S/C22H24N2O3/c1-15-5-11-19-16(2)14-22(3,4)23(20(19)13-15)21(25)12-8-17-6-9-18(10-7-17)24(26)27/h5-13,16H,14H2,1-4H3. The lowest BCUT2D eigenvalue weighted by atomic mass is 9.79. The molecule has 5 heteroatoms. The van der Waals surface area contributed by atoms with Gasteiger partial charge in [-0.15, -0.1) is 0 Å². The van der Waals surface area contributed by atoms with Gasteiger partial charge in [0, 0.05) is 29.4 Å². The lowest BCUT2D eigenvalue weighted by molar-refractivity contribution is -0.384. The van der Waals surface area contributed by atoms with Crippen LogP contribution in [0, 0.1) is 17.0 Å². The number of benzene rings is 2. The fourth-order valence-corrected chi connectivity index (χ4v) is 3.91. The molecule has 0 saturated heterocycles. The monoisotopic (exact) mass is 364 g/mol. The highest BCUT2D eigenvalue weighted by molar-refractivity contribution is 6.05. The fourth-order valence-electron chi connectivity index (χ4n) is 3.91. The first-order valence-corrected chi connectivity index (χ1v) is 9.06. The maximum atomic E-state index is 13.1. The minimum absolute atomic E-state index is 0.0361. The Morgan fingerprint density at radius 3 is 2.52 bits per heavy atom. The van der Waals surface area contributed by atoms with Crippen molar-refractivity contribution in [3.8, 4) is 0 Å². The molecule has 5 nitrogen and oxygen atoms in total. The van der Waals surface area contributed by atoms with Crippen molar-refractivity contribution in [1.29, 1.82) is 0 Å². The summed E-state index contributed by atoms with van der Waals surface area (Å²) in [5, 5.41) is 10.8. The lowest BCUT2D eigenvalue weighted by Crippen LogP contribution is -2.51. The number of non-ortho nitro benzene ring substituents is 1. The molecule has 1 aliphatic rings. The number of rotatable bonds is 3. The highest BCUT2D eigenvalue weighted by Crippen LogP contribution is 2.43. The number of carbonyl (C=O) groups excluding carboxylic acids is 1. The number of carbonyl (C=O) groups is 1. The summed E-state index contributed by atoms with van der Waals surface area (Å²) in [6.45, 7) is 8.41. The Hall–Kier alpha value is -2.95. The van der Waals surface area contributed by atoms with Gasteiger partial charge in [-0.3, -0.25) is 14.9 Å². The van der Waals surface area contributed by atoms with Gasteiger partial charge in [0.25, 0.3) is 11.6 Å². The molecule has 0 N–H and O–H groups in total. The van der Waals surface area contributed by atoms with Gasteiger partial charge < -0.3 is 4.90 Å².